The number of nitrogens with zero attached hydrogens (tertiary/aromatic N) is 5. The topological polar surface area (TPSA) is 86.3 Å². The molecule has 1 aliphatic heterocycles. The Labute approximate surface area is 168 Å². The molecule has 0 spiro atoms. The molecule has 1 saturated carbocycles. The highest BCUT2D eigenvalue weighted by atomic mass is 16.5. The fraction of sp³-hybridized carbons (Fsp3) is 0.524. The van der Waals surface area contributed by atoms with Crippen molar-refractivity contribution in [1.82, 2.24) is 19.7 Å². The van der Waals surface area contributed by atoms with Crippen molar-refractivity contribution in [3.05, 3.63) is 46.3 Å². The number of methoxy groups -OCH3 is 1. The molecule has 3 heterocycles. The number of ether oxygens (including phenoxy) is 1. The molecule has 3 aromatic rings. The molecule has 0 bridgehead atoms. The Balaban J connectivity index is 1.62. The van der Waals surface area contributed by atoms with Crippen LogP contribution in [0.5, 0.6) is 0 Å². The van der Waals surface area contributed by atoms with Crippen molar-refractivity contribution in [3.8, 4) is 0 Å². The van der Waals surface area contributed by atoms with E-state index in [-0.39, 0.29) is 17.6 Å². The zero-order valence-electron chi connectivity index (χ0n) is 16.6. The van der Waals surface area contributed by atoms with E-state index >= 15 is 0 Å². The van der Waals surface area contributed by atoms with Crippen molar-refractivity contribution in [2.24, 2.45) is 0 Å². The van der Waals surface area contributed by atoms with Crippen LogP contribution in [-0.4, -0.2) is 33.3 Å². The minimum atomic E-state index is -0.0521. The van der Waals surface area contributed by atoms with Crippen LogP contribution in [0, 0.1) is 0 Å². The van der Waals surface area contributed by atoms with Crippen molar-refractivity contribution in [3.63, 3.8) is 0 Å². The molecule has 0 radical (unpaired) electrons. The molecule has 1 aliphatic carbocycles. The fourth-order valence-electron chi connectivity index (χ4n) is 4.73. The van der Waals surface area contributed by atoms with Gasteiger partial charge in [0.1, 0.15) is 12.4 Å². The van der Waals surface area contributed by atoms with Gasteiger partial charge in [-0.15, -0.1) is 0 Å². The Morgan fingerprint density at radius 3 is 2.79 bits per heavy atom. The third-order valence-corrected chi connectivity index (χ3v) is 6.05. The Hall–Kier alpha value is -2.74. The lowest BCUT2D eigenvalue weighted by atomic mass is 10.1. The molecule has 0 amide bonds. The predicted molar refractivity (Wildman–Crippen MR) is 108 cm³/mol. The second-order valence-electron chi connectivity index (χ2n) is 7.88. The van der Waals surface area contributed by atoms with Crippen LogP contribution in [0.1, 0.15) is 62.3 Å². The lowest BCUT2D eigenvalue weighted by Crippen LogP contribution is -2.34. The summed E-state index contributed by atoms with van der Waals surface area (Å²) in [6.45, 7) is 1.11. The summed E-state index contributed by atoms with van der Waals surface area (Å²) in [5.41, 5.74) is 0.814. The average molecular weight is 395 g/mol. The van der Waals surface area contributed by atoms with Crippen LogP contribution >= 0.6 is 0 Å². The highest BCUT2D eigenvalue weighted by molar-refractivity contribution is 5.77. The summed E-state index contributed by atoms with van der Waals surface area (Å²) in [4.78, 5) is 25.0. The van der Waals surface area contributed by atoms with Crippen molar-refractivity contribution in [2.75, 3.05) is 18.6 Å². The normalized spacial score (nSPS) is 20.2. The molecule has 1 saturated heterocycles. The third kappa shape index (κ3) is 3.21. The predicted octanol–water partition coefficient (Wildman–Crippen LogP) is 3.38. The van der Waals surface area contributed by atoms with Gasteiger partial charge in [-0.2, -0.15) is 4.98 Å². The monoisotopic (exact) mass is 395 g/mol. The van der Waals surface area contributed by atoms with E-state index in [1.807, 2.05) is 28.8 Å². The van der Waals surface area contributed by atoms with E-state index in [4.69, 9.17) is 14.2 Å². The average Bonchev–Trinajstić information content (AvgIpc) is 3.49. The summed E-state index contributed by atoms with van der Waals surface area (Å²) in [5, 5.41) is 4.69. The summed E-state index contributed by atoms with van der Waals surface area (Å²) >= 11 is 0. The summed E-state index contributed by atoms with van der Waals surface area (Å²) < 4.78 is 12.6. The van der Waals surface area contributed by atoms with E-state index in [0.717, 1.165) is 56.4 Å². The number of benzene rings is 1. The van der Waals surface area contributed by atoms with Gasteiger partial charge in [0.25, 0.3) is 5.56 Å². The zero-order chi connectivity index (χ0) is 19.8. The van der Waals surface area contributed by atoms with E-state index in [2.05, 4.69) is 15.0 Å². The van der Waals surface area contributed by atoms with Crippen LogP contribution in [0.3, 0.4) is 0 Å². The van der Waals surface area contributed by atoms with Gasteiger partial charge in [0.2, 0.25) is 0 Å². The number of rotatable bonds is 5. The Morgan fingerprint density at radius 1 is 1.14 bits per heavy atom. The first-order valence-corrected chi connectivity index (χ1v) is 10.4. The summed E-state index contributed by atoms with van der Waals surface area (Å²) in [5.74, 6) is 1.34. The maximum atomic E-state index is 13.5. The van der Waals surface area contributed by atoms with E-state index in [1.54, 1.807) is 7.11 Å². The third-order valence-electron chi connectivity index (χ3n) is 6.05. The Morgan fingerprint density at radius 2 is 1.97 bits per heavy atom. The van der Waals surface area contributed by atoms with E-state index < -0.39 is 0 Å². The second kappa shape index (κ2) is 7.59. The standard InChI is InChI=1S/C21H25N5O3/c1-28-13-18-23-21(29-24-18)25-12-6-11-17(25)19-22-16-10-5-4-9-15(16)20(27)26(19)14-7-2-3-8-14/h4-5,9-10,14,17H,2-3,6-8,11-13H2,1H3. The number of hydrogen-bond acceptors (Lipinski definition) is 7. The minimum Gasteiger partial charge on any atom is -0.377 e. The van der Waals surface area contributed by atoms with Crippen LogP contribution in [0.15, 0.2) is 33.6 Å². The van der Waals surface area contributed by atoms with Gasteiger partial charge < -0.3 is 14.2 Å². The second-order valence-corrected chi connectivity index (χ2v) is 7.88. The van der Waals surface area contributed by atoms with Gasteiger partial charge >= 0.3 is 6.01 Å². The fourth-order valence-corrected chi connectivity index (χ4v) is 4.73. The number of para-hydroxylation sites is 1. The lowest BCUT2D eigenvalue weighted by Gasteiger charge is -2.27. The molecule has 1 aromatic carbocycles. The molecule has 5 rings (SSSR count). The maximum Gasteiger partial charge on any atom is 0.324 e. The molecule has 1 atom stereocenters. The lowest BCUT2D eigenvalue weighted by molar-refractivity contribution is 0.174. The van der Waals surface area contributed by atoms with Crippen molar-refractivity contribution >= 4 is 16.9 Å². The molecule has 2 fully saturated rings. The number of aromatic nitrogens is 4. The van der Waals surface area contributed by atoms with E-state index in [0.29, 0.717) is 23.8 Å². The van der Waals surface area contributed by atoms with Gasteiger partial charge in [0, 0.05) is 19.7 Å². The number of fused-ring (bicyclic) bond motifs is 1. The zero-order valence-corrected chi connectivity index (χ0v) is 16.6. The van der Waals surface area contributed by atoms with Crippen molar-refractivity contribution < 1.29 is 9.26 Å². The highest BCUT2D eigenvalue weighted by Crippen LogP contribution is 2.38. The van der Waals surface area contributed by atoms with Gasteiger partial charge in [-0.05, 0) is 37.8 Å². The molecular formula is C21H25N5O3. The van der Waals surface area contributed by atoms with E-state index in [1.165, 1.54) is 0 Å². The first-order valence-electron chi connectivity index (χ1n) is 10.4. The maximum absolute atomic E-state index is 13.5. The molecule has 2 aromatic heterocycles. The largest absolute Gasteiger partial charge is 0.377 e. The van der Waals surface area contributed by atoms with Gasteiger partial charge in [-0.25, -0.2) is 4.98 Å². The van der Waals surface area contributed by atoms with Gasteiger partial charge in [0.15, 0.2) is 5.82 Å². The first kappa shape index (κ1) is 18.3. The highest BCUT2D eigenvalue weighted by Gasteiger charge is 2.35. The Bertz CT molecular complexity index is 1070. The Kier molecular flexibility index (Phi) is 4.79. The van der Waals surface area contributed by atoms with Crippen LogP contribution < -0.4 is 10.5 Å². The molecule has 2 aliphatic rings. The van der Waals surface area contributed by atoms with Gasteiger partial charge in [-0.1, -0.05) is 30.1 Å². The van der Waals surface area contributed by atoms with Crippen LogP contribution in [0.2, 0.25) is 0 Å². The molecule has 1 unspecified atom stereocenters. The van der Waals surface area contributed by atoms with Crippen LogP contribution in [0.4, 0.5) is 6.01 Å². The SMILES string of the molecule is COCc1noc(N2CCCC2c2nc3ccccc3c(=O)n2C2CCCC2)n1. The van der Waals surface area contributed by atoms with Crippen molar-refractivity contribution in [2.45, 2.75) is 57.2 Å². The van der Waals surface area contributed by atoms with Gasteiger partial charge in [-0.3, -0.25) is 9.36 Å². The number of anilines is 1. The molecule has 8 heteroatoms. The molecule has 29 heavy (non-hydrogen) atoms. The molecule has 8 nitrogen and oxygen atoms in total. The quantitative estimate of drug-likeness (QED) is 0.654. The van der Waals surface area contributed by atoms with Gasteiger partial charge in [0.05, 0.1) is 16.9 Å². The van der Waals surface area contributed by atoms with E-state index in [9.17, 15) is 4.79 Å². The molecule has 152 valence electrons. The number of hydrogen-bond donors (Lipinski definition) is 0. The summed E-state index contributed by atoms with van der Waals surface area (Å²) in [6, 6.07) is 8.26. The van der Waals surface area contributed by atoms with Crippen LogP contribution in [0.25, 0.3) is 10.9 Å². The molecule has 0 N–H and O–H groups in total. The van der Waals surface area contributed by atoms with Crippen LogP contribution in [-0.2, 0) is 11.3 Å². The summed E-state index contributed by atoms with van der Waals surface area (Å²) in [6.07, 6.45) is 6.25. The first-order chi connectivity index (χ1) is 14.3. The van der Waals surface area contributed by atoms with Crippen molar-refractivity contribution in [1.29, 1.82) is 0 Å². The smallest absolute Gasteiger partial charge is 0.324 e. The summed E-state index contributed by atoms with van der Waals surface area (Å²) in [7, 11) is 1.61. The minimum absolute atomic E-state index is 0.0521. The molecular weight excluding hydrogens is 370 g/mol.